The first-order valence-corrected chi connectivity index (χ1v) is 8.89. The molecule has 2 heterocycles. The molecule has 0 atom stereocenters. The smallest absolute Gasteiger partial charge is 0.348 e. The number of halogens is 1. The van der Waals surface area contributed by atoms with E-state index in [1.165, 1.54) is 30.3 Å². The molecule has 10 heteroatoms. The molecule has 0 saturated carbocycles. The van der Waals surface area contributed by atoms with Crippen LogP contribution in [0.5, 0.6) is 0 Å². The van der Waals surface area contributed by atoms with Crippen molar-refractivity contribution < 1.29 is 17.9 Å². The topological polar surface area (TPSA) is 90.3 Å². The van der Waals surface area contributed by atoms with Crippen LogP contribution in [-0.2, 0) is 21.3 Å². The number of methoxy groups -OCH3 is 1. The summed E-state index contributed by atoms with van der Waals surface area (Å²) in [6.07, 6.45) is 2.71. The number of thiophene rings is 1. The summed E-state index contributed by atoms with van der Waals surface area (Å²) in [5.41, 5.74) is 0. The summed E-state index contributed by atoms with van der Waals surface area (Å²) in [6.45, 7) is 2.43. The van der Waals surface area contributed by atoms with Crippen LogP contribution in [0.3, 0.4) is 0 Å². The van der Waals surface area contributed by atoms with Gasteiger partial charge in [-0.15, -0.1) is 11.3 Å². The highest BCUT2D eigenvalue weighted by Gasteiger charge is 2.21. The summed E-state index contributed by atoms with van der Waals surface area (Å²) in [5.74, 6) is -0.523. The van der Waals surface area contributed by atoms with Crippen molar-refractivity contribution in [1.29, 1.82) is 0 Å². The SMILES string of the molecule is CCn1cc(S(=O)(=O)Nc2sc(C(=O)OC)cc2Br)cn1. The molecule has 21 heavy (non-hydrogen) atoms. The number of aryl methyl sites for hydroxylation is 1. The van der Waals surface area contributed by atoms with E-state index in [1.54, 1.807) is 0 Å². The predicted octanol–water partition coefficient (Wildman–Crippen LogP) is 2.31. The van der Waals surface area contributed by atoms with Gasteiger partial charge in [-0.1, -0.05) is 0 Å². The van der Waals surface area contributed by atoms with E-state index in [0.29, 0.717) is 20.9 Å². The molecule has 0 aliphatic rings. The Morgan fingerprint density at radius 2 is 2.29 bits per heavy atom. The molecule has 1 N–H and O–H groups in total. The van der Waals surface area contributed by atoms with Crippen LogP contribution in [0.25, 0.3) is 0 Å². The highest BCUT2D eigenvalue weighted by Crippen LogP contribution is 2.34. The minimum atomic E-state index is -3.75. The lowest BCUT2D eigenvalue weighted by atomic mass is 10.5. The van der Waals surface area contributed by atoms with Gasteiger partial charge in [0.25, 0.3) is 10.0 Å². The fourth-order valence-electron chi connectivity index (χ4n) is 1.48. The molecule has 0 fully saturated rings. The highest BCUT2D eigenvalue weighted by molar-refractivity contribution is 9.10. The van der Waals surface area contributed by atoms with Crippen molar-refractivity contribution >= 4 is 48.3 Å². The number of nitrogens with one attached hydrogen (secondary N) is 1. The van der Waals surface area contributed by atoms with E-state index in [2.05, 4.69) is 30.5 Å². The third-order valence-electron chi connectivity index (χ3n) is 2.54. The molecule has 0 spiro atoms. The monoisotopic (exact) mass is 393 g/mol. The molecule has 2 aromatic heterocycles. The van der Waals surface area contributed by atoms with Gasteiger partial charge in [-0.05, 0) is 28.9 Å². The number of carbonyl (C=O) groups is 1. The van der Waals surface area contributed by atoms with Crippen molar-refractivity contribution in [3.8, 4) is 0 Å². The minimum Gasteiger partial charge on any atom is -0.465 e. The lowest BCUT2D eigenvalue weighted by Crippen LogP contribution is -2.11. The summed E-state index contributed by atoms with van der Waals surface area (Å²) in [7, 11) is -2.49. The Labute approximate surface area is 134 Å². The van der Waals surface area contributed by atoms with E-state index < -0.39 is 16.0 Å². The van der Waals surface area contributed by atoms with Crippen molar-refractivity contribution in [2.24, 2.45) is 0 Å². The largest absolute Gasteiger partial charge is 0.465 e. The van der Waals surface area contributed by atoms with Crippen molar-refractivity contribution in [2.45, 2.75) is 18.4 Å². The zero-order valence-corrected chi connectivity index (χ0v) is 14.4. The maximum Gasteiger partial charge on any atom is 0.348 e. The van der Waals surface area contributed by atoms with E-state index in [4.69, 9.17) is 0 Å². The Kier molecular flexibility index (Phi) is 4.69. The number of nitrogens with zero attached hydrogens (tertiary/aromatic N) is 2. The van der Waals surface area contributed by atoms with E-state index >= 15 is 0 Å². The van der Waals surface area contributed by atoms with Crippen LogP contribution in [-0.4, -0.2) is 31.3 Å². The molecule has 0 saturated heterocycles. The predicted molar refractivity (Wildman–Crippen MR) is 82.1 cm³/mol. The zero-order chi connectivity index (χ0) is 15.6. The van der Waals surface area contributed by atoms with Crippen LogP contribution in [0.2, 0.25) is 0 Å². The number of esters is 1. The number of ether oxygens (including phenoxy) is 1. The highest BCUT2D eigenvalue weighted by atomic mass is 79.9. The van der Waals surface area contributed by atoms with Gasteiger partial charge >= 0.3 is 5.97 Å². The van der Waals surface area contributed by atoms with Gasteiger partial charge in [-0.2, -0.15) is 5.10 Å². The van der Waals surface area contributed by atoms with Crippen LogP contribution >= 0.6 is 27.3 Å². The number of carbonyl (C=O) groups excluding carboxylic acids is 1. The summed E-state index contributed by atoms with van der Waals surface area (Å²) in [5, 5.41) is 4.23. The second-order valence-electron chi connectivity index (χ2n) is 3.92. The van der Waals surface area contributed by atoms with E-state index in [0.717, 1.165) is 11.3 Å². The van der Waals surface area contributed by atoms with Gasteiger partial charge in [0.1, 0.15) is 14.8 Å². The van der Waals surface area contributed by atoms with Crippen molar-refractivity contribution in [2.75, 3.05) is 11.8 Å². The molecule has 2 aromatic rings. The maximum absolute atomic E-state index is 12.2. The van der Waals surface area contributed by atoms with Crippen molar-refractivity contribution in [3.63, 3.8) is 0 Å². The molecule has 0 aromatic carbocycles. The number of rotatable bonds is 5. The second kappa shape index (κ2) is 6.16. The third-order valence-corrected chi connectivity index (χ3v) is 5.90. The Morgan fingerprint density at radius 1 is 1.57 bits per heavy atom. The first-order valence-electron chi connectivity index (χ1n) is 5.80. The minimum absolute atomic E-state index is 0.0595. The third kappa shape index (κ3) is 3.44. The molecule has 0 bridgehead atoms. The fraction of sp³-hybridized carbons (Fsp3) is 0.273. The van der Waals surface area contributed by atoms with Crippen LogP contribution in [0.1, 0.15) is 16.6 Å². The second-order valence-corrected chi connectivity index (χ2v) is 7.51. The lowest BCUT2D eigenvalue weighted by molar-refractivity contribution is 0.0606. The quantitative estimate of drug-likeness (QED) is 0.786. The summed E-state index contributed by atoms with van der Waals surface area (Å²) < 4.78 is 33.5. The van der Waals surface area contributed by atoms with Gasteiger partial charge in [0.15, 0.2) is 0 Å². The van der Waals surface area contributed by atoms with Crippen LogP contribution in [0.4, 0.5) is 5.00 Å². The molecule has 114 valence electrons. The Balaban J connectivity index is 2.28. The molecular formula is C11H12BrN3O4S2. The van der Waals surface area contributed by atoms with E-state index in [1.807, 2.05) is 6.92 Å². The maximum atomic E-state index is 12.2. The van der Waals surface area contributed by atoms with Crippen LogP contribution in [0.15, 0.2) is 27.8 Å². The van der Waals surface area contributed by atoms with Gasteiger partial charge in [-0.25, -0.2) is 13.2 Å². The standard InChI is InChI=1S/C11H12BrN3O4S2/c1-3-15-6-7(5-13-15)21(17,18)14-10-8(12)4-9(20-10)11(16)19-2/h4-6,14H,3H2,1-2H3. The van der Waals surface area contributed by atoms with Crippen molar-refractivity contribution in [1.82, 2.24) is 9.78 Å². The number of aromatic nitrogens is 2. The molecule has 0 unspecified atom stereocenters. The first-order chi connectivity index (χ1) is 9.87. The van der Waals surface area contributed by atoms with E-state index in [-0.39, 0.29) is 4.90 Å². The molecule has 0 aliphatic carbocycles. The molecular weight excluding hydrogens is 382 g/mol. The molecule has 7 nitrogen and oxygen atoms in total. The average molecular weight is 394 g/mol. The Hall–Kier alpha value is -1.39. The summed E-state index contributed by atoms with van der Waals surface area (Å²) in [4.78, 5) is 11.8. The number of hydrogen-bond acceptors (Lipinski definition) is 6. The molecule has 0 aliphatic heterocycles. The summed E-state index contributed by atoms with van der Waals surface area (Å²) in [6, 6.07) is 1.50. The molecule has 0 radical (unpaired) electrons. The van der Waals surface area contributed by atoms with Crippen LogP contribution in [0, 0.1) is 0 Å². The van der Waals surface area contributed by atoms with Gasteiger partial charge in [0.05, 0.1) is 17.8 Å². The summed E-state index contributed by atoms with van der Waals surface area (Å²) >= 11 is 4.20. The normalized spacial score (nSPS) is 11.4. The van der Waals surface area contributed by atoms with Gasteiger partial charge in [0, 0.05) is 12.7 Å². The Bertz CT molecular complexity index is 766. The van der Waals surface area contributed by atoms with Gasteiger partial charge < -0.3 is 4.74 Å². The van der Waals surface area contributed by atoms with Crippen LogP contribution < -0.4 is 4.72 Å². The Morgan fingerprint density at radius 3 is 2.86 bits per heavy atom. The molecule has 0 amide bonds. The molecule has 2 rings (SSSR count). The van der Waals surface area contributed by atoms with Crippen molar-refractivity contribution in [3.05, 3.63) is 27.8 Å². The zero-order valence-electron chi connectivity index (χ0n) is 11.2. The number of anilines is 1. The van der Waals surface area contributed by atoms with Gasteiger partial charge in [-0.3, -0.25) is 9.40 Å². The fourth-order valence-corrected chi connectivity index (χ4v) is 4.46. The van der Waals surface area contributed by atoms with E-state index in [9.17, 15) is 13.2 Å². The number of sulfonamides is 1. The lowest BCUT2D eigenvalue weighted by Gasteiger charge is -2.03. The first kappa shape index (κ1) is 16.0. The number of hydrogen-bond donors (Lipinski definition) is 1. The average Bonchev–Trinajstić information content (AvgIpc) is 3.05. The van der Waals surface area contributed by atoms with Gasteiger partial charge in [0.2, 0.25) is 0 Å².